The number of rotatable bonds is 5. The van der Waals surface area contributed by atoms with E-state index in [9.17, 15) is 9.18 Å². The largest absolute Gasteiger partial charge is 0.487 e. The van der Waals surface area contributed by atoms with Crippen molar-refractivity contribution in [2.75, 3.05) is 5.32 Å². The minimum Gasteiger partial charge on any atom is -0.487 e. The monoisotopic (exact) mass is 328 g/mol. The summed E-state index contributed by atoms with van der Waals surface area (Å²) in [4.78, 5) is 16.7. The van der Waals surface area contributed by atoms with Crippen molar-refractivity contribution in [1.82, 2.24) is 4.98 Å². The highest BCUT2D eigenvalue weighted by Gasteiger charge is 2.15. The van der Waals surface area contributed by atoms with Crippen molar-refractivity contribution < 1.29 is 13.9 Å². The van der Waals surface area contributed by atoms with Crippen molar-refractivity contribution in [3.63, 3.8) is 0 Å². The fourth-order valence-corrected chi connectivity index (χ4v) is 2.70. The predicted molar refractivity (Wildman–Crippen MR) is 87.2 cm³/mol. The number of carbonyl (C=O) groups is 1. The van der Waals surface area contributed by atoms with Gasteiger partial charge < -0.3 is 10.1 Å². The van der Waals surface area contributed by atoms with Crippen LogP contribution in [0.15, 0.2) is 60.2 Å². The lowest BCUT2D eigenvalue weighted by Gasteiger charge is -2.08. The van der Waals surface area contributed by atoms with E-state index in [-0.39, 0.29) is 18.3 Å². The number of halogens is 1. The molecule has 0 spiro atoms. The third-order valence-corrected chi connectivity index (χ3v) is 3.99. The van der Waals surface area contributed by atoms with E-state index in [2.05, 4.69) is 10.3 Å². The van der Waals surface area contributed by atoms with Crippen LogP contribution in [0, 0.1) is 5.82 Å². The molecule has 0 atom stereocenters. The van der Waals surface area contributed by atoms with Crippen LogP contribution in [-0.4, -0.2) is 10.9 Å². The zero-order valence-corrected chi connectivity index (χ0v) is 12.8. The van der Waals surface area contributed by atoms with Gasteiger partial charge in [0.1, 0.15) is 23.1 Å². The van der Waals surface area contributed by atoms with Crippen molar-refractivity contribution in [3.8, 4) is 5.75 Å². The summed E-state index contributed by atoms with van der Waals surface area (Å²) in [5.74, 6) is -0.180. The van der Waals surface area contributed by atoms with Crippen LogP contribution in [0.3, 0.4) is 0 Å². The summed E-state index contributed by atoms with van der Waals surface area (Å²) in [6.07, 6.45) is 3.19. The molecule has 0 unspecified atom stereocenters. The molecular formula is C17H13FN2O2S. The van der Waals surface area contributed by atoms with Gasteiger partial charge in [-0.2, -0.15) is 0 Å². The standard InChI is InChI=1S/C17H13FN2O2S/c18-14-6-2-1-4-12(14)11-22-15-7-9-23-16(15)17(21)20-13-5-3-8-19-10-13/h1-10H,11H2,(H,20,21). The van der Waals surface area contributed by atoms with Gasteiger partial charge in [-0.1, -0.05) is 18.2 Å². The second-order valence-corrected chi connectivity index (χ2v) is 5.61. The zero-order chi connectivity index (χ0) is 16.1. The van der Waals surface area contributed by atoms with Crippen LogP contribution < -0.4 is 10.1 Å². The average molecular weight is 328 g/mol. The first-order chi connectivity index (χ1) is 11.2. The van der Waals surface area contributed by atoms with Gasteiger partial charge in [-0.15, -0.1) is 11.3 Å². The molecule has 4 nitrogen and oxygen atoms in total. The molecule has 0 fully saturated rings. The van der Waals surface area contributed by atoms with Gasteiger partial charge in [-0.25, -0.2) is 4.39 Å². The van der Waals surface area contributed by atoms with E-state index < -0.39 is 0 Å². The van der Waals surface area contributed by atoms with E-state index in [1.165, 1.54) is 17.4 Å². The van der Waals surface area contributed by atoms with Crippen molar-refractivity contribution in [2.24, 2.45) is 0 Å². The lowest BCUT2D eigenvalue weighted by Crippen LogP contribution is -2.12. The fourth-order valence-electron chi connectivity index (χ4n) is 1.97. The van der Waals surface area contributed by atoms with Gasteiger partial charge >= 0.3 is 0 Å². The Labute approximate surface area is 136 Å². The SMILES string of the molecule is O=C(Nc1cccnc1)c1sccc1OCc1ccccc1F. The number of amides is 1. The number of ether oxygens (including phenoxy) is 1. The molecule has 6 heteroatoms. The Kier molecular flexibility index (Phi) is 4.63. The summed E-state index contributed by atoms with van der Waals surface area (Å²) in [5, 5.41) is 4.51. The van der Waals surface area contributed by atoms with Gasteiger partial charge in [0.2, 0.25) is 0 Å². The van der Waals surface area contributed by atoms with Crippen molar-refractivity contribution in [1.29, 1.82) is 0 Å². The van der Waals surface area contributed by atoms with Crippen LogP contribution in [0.5, 0.6) is 5.75 Å². The van der Waals surface area contributed by atoms with E-state index in [0.717, 1.165) is 0 Å². The van der Waals surface area contributed by atoms with Gasteiger partial charge in [-0.3, -0.25) is 9.78 Å². The summed E-state index contributed by atoms with van der Waals surface area (Å²) in [7, 11) is 0. The lowest BCUT2D eigenvalue weighted by atomic mass is 10.2. The van der Waals surface area contributed by atoms with Crippen LogP contribution in [0.4, 0.5) is 10.1 Å². The molecule has 0 bridgehead atoms. The number of thiophene rings is 1. The number of pyridine rings is 1. The van der Waals surface area contributed by atoms with Crippen LogP contribution in [0.1, 0.15) is 15.2 Å². The Morgan fingerprint density at radius 2 is 2.09 bits per heavy atom. The number of aromatic nitrogens is 1. The van der Waals surface area contributed by atoms with Gasteiger partial charge in [-0.05, 0) is 29.6 Å². The second kappa shape index (κ2) is 7.02. The molecule has 0 aliphatic rings. The van der Waals surface area contributed by atoms with Crippen molar-refractivity contribution in [3.05, 3.63) is 76.5 Å². The molecule has 116 valence electrons. The Morgan fingerprint density at radius 3 is 2.87 bits per heavy atom. The molecule has 23 heavy (non-hydrogen) atoms. The summed E-state index contributed by atoms with van der Waals surface area (Å²) in [5.41, 5.74) is 1.04. The first kappa shape index (κ1) is 15.2. The molecule has 3 aromatic rings. The van der Waals surface area contributed by atoms with E-state index in [4.69, 9.17) is 4.74 Å². The minimum absolute atomic E-state index is 0.0661. The molecule has 1 aromatic carbocycles. The molecule has 0 radical (unpaired) electrons. The number of hydrogen-bond donors (Lipinski definition) is 1. The van der Waals surface area contributed by atoms with Crippen molar-refractivity contribution in [2.45, 2.75) is 6.61 Å². The van der Waals surface area contributed by atoms with E-state index >= 15 is 0 Å². The minimum atomic E-state index is -0.330. The molecule has 2 aromatic heterocycles. The maximum Gasteiger partial charge on any atom is 0.269 e. The van der Waals surface area contributed by atoms with Gasteiger partial charge in [0.05, 0.1) is 11.9 Å². The Bertz CT molecular complexity index is 805. The Hall–Kier alpha value is -2.73. The third-order valence-electron chi connectivity index (χ3n) is 3.10. The number of benzene rings is 1. The third kappa shape index (κ3) is 3.73. The van der Waals surface area contributed by atoms with E-state index in [0.29, 0.717) is 21.9 Å². The topological polar surface area (TPSA) is 51.2 Å². The number of carbonyl (C=O) groups excluding carboxylic acids is 1. The molecule has 3 rings (SSSR count). The normalized spacial score (nSPS) is 10.3. The Morgan fingerprint density at radius 1 is 1.22 bits per heavy atom. The zero-order valence-electron chi connectivity index (χ0n) is 12.0. The molecule has 2 heterocycles. The van der Waals surface area contributed by atoms with E-state index in [1.807, 2.05) is 0 Å². The number of nitrogens with zero attached hydrogens (tertiary/aromatic N) is 1. The number of anilines is 1. The Balaban J connectivity index is 1.70. The summed E-state index contributed by atoms with van der Waals surface area (Å²) in [6.45, 7) is 0.0661. The molecule has 0 aliphatic heterocycles. The molecule has 0 saturated carbocycles. The first-order valence-electron chi connectivity index (χ1n) is 6.89. The van der Waals surface area contributed by atoms with Crippen molar-refractivity contribution >= 4 is 22.9 Å². The maximum absolute atomic E-state index is 13.6. The first-order valence-corrected chi connectivity index (χ1v) is 7.77. The average Bonchev–Trinajstić information content (AvgIpc) is 3.04. The van der Waals surface area contributed by atoms with Gasteiger partial charge in [0.25, 0.3) is 5.91 Å². The van der Waals surface area contributed by atoms with Crippen LogP contribution >= 0.6 is 11.3 Å². The molecular weight excluding hydrogens is 315 g/mol. The fraction of sp³-hybridized carbons (Fsp3) is 0.0588. The number of hydrogen-bond acceptors (Lipinski definition) is 4. The van der Waals surface area contributed by atoms with Gasteiger partial charge in [0.15, 0.2) is 0 Å². The molecule has 0 aliphatic carbocycles. The summed E-state index contributed by atoms with van der Waals surface area (Å²) < 4.78 is 19.2. The quantitative estimate of drug-likeness (QED) is 0.767. The summed E-state index contributed by atoms with van der Waals surface area (Å²) in [6, 6.07) is 11.6. The second-order valence-electron chi connectivity index (χ2n) is 4.69. The van der Waals surface area contributed by atoms with Crippen LogP contribution in [0.2, 0.25) is 0 Å². The number of nitrogens with one attached hydrogen (secondary N) is 1. The highest BCUT2D eigenvalue weighted by molar-refractivity contribution is 7.12. The van der Waals surface area contributed by atoms with Gasteiger partial charge in [0, 0.05) is 11.8 Å². The smallest absolute Gasteiger partial charge is 0.269 e. The van der Waals surface area contributed by atoms with Crippen LogP contribution in [0.25, 0.3) is 0 Å². The molecule has 0 saturated heterocycles. The highest BCUT2D eigenvalue weighted by atomic mass is 32.1. The molecule has 1 N–H and O–H groups in total. The highest BCUT2D eigenvalue weighted by Crippen LogP contribution is 2.27. The summed E-state index contributed by atoms with van der Waals surface area (Å²) >= 11 is 1.27. The lowest BCUT2D eigenvalue weighted by molar-refractivity contribution is 0.102. The predicted octanol–water partition coefficient (Wildman–Crippen LogP) is 4.11. The van der Waals surface area contributed by atoms with Crippen LogP contribution in [-0.2, 0) is 6.61 Å². The maximum atomic E-state index is 13.6. The molecule has 1 amide bonds. The van der Waals surface area contributed by atoms with E-state index in [1.54, 1.807) is 54.2 Å².